The Morgan fingerprint density at radius 2 is 1.63 bits per heavy atom. The number of aromatic nitrogens is 1. The molecule has 1 aromatic heterocycles. The van der Waals surface area contributed by atoms with E-state index in [0.29, 0.717) is 28.6 Å². The summed E-state index contributed by atoms with van der Waals surface area (Å²) in [4.78, 5) is 81.1. The Bertz CT molecular complexity index is 2040. The van der Waals surface area contributed by atoms with E-state index in [1.807, 2.05) is 12.1 Å². The van der Waals surface area contributed by atoms with Gasteiger partial charge in [0.1, 0.15) is 17.3 Å². The third-order valence-corrected chi connectivity index (χ3v) is 8.69. The largest absolute Gasteiger partial charge is 0.481 e. The van der Waals surface area contributed by atoms with Crippen molar-refractivity contribution >= 4 is 52.2 Å². The van der Waals surface area contributed by atoms with Gasteiger partial charge in [0.15, 0.2) is 0 Å². The molecule has 4 amide bonds. The normalized spacial score (nSPS) is 16.6. The van der Waals surface area contributed by atoms with Gasteiger partial charge in [0, 0.05) is 30.5 Å². The number of ether oxygens (including phenoxy) is 3. The second kappa shape index (κ2) is 15.7. The van der Waals surface area contributed by atoms with Crippen LogP contribution >= 0.6 is 0 Å². The van der Waals surface area contributed by atoms with E-state index in [4.69, 9.17) is 14.2 Å². The number of carbonyl (C=O) groups excluding carboxylic acids is 4. The molecule has 286 valence electrons. The monoisotopic (exact) mass is 743 g/mol. The molecule has 3 aromatic rings. The number of hydrogen-bond donors (Lipinski definition) is 2. The molecule has 2 aliphatic rings. The summed E-state index contributed by atoms with van der Waals surface area (Å²) in [6.45, 7) is 9.98. The molecular weight excluding hydrogens is 698 g/mol. The Morgan fingerprint density at radius 3 is 2.22 bits per heavy atom. The molecule has 0 unspecified atom stereocenters. The number of hydrogen-bond acceptors (Lipinski definition) is 10. The number of aliphatic carboxylic acids is 1. The number of nitrogens with one attached hydrogen (secondary N) is 1. The molecule has 2 aromatic carbocycles. The number of carboxylic acids is 1. The Balaban J connectivity index is 1.40. The van der Waals surface area contributed by atoms with Gasteiger partial charge in [-0.2, -0.15) is 5.26 Å². The number of amides is 4. The molecule has 5 rings (SSSR count). The highest BCUT2D eigenvalue weighted by Crippen LogP contribution is 2.33. The minimum Gasteiger partial charge on any atom is -0.481 e. The predicted octanol–water partition coefficient (Wildman–Crippen LogP) is 5.42. The quantitative estimate of drug-likeness (QED) is 0.269. The first-order valence-corrected chi connectivity index (χ1v) is 17.7. The second-order valence-electron chi connectivity index (χ2n) is 15.5. The molecule has 0 radical (unpaired) electrons. The summed E-state index contributed by atoms with van der Waals surface area (Å²) < 4.78 is 18.3. The number of fused-ring (bicyclic) bond motifs is 1. The number of imide groups is 1. The smallest absolute Gasteiger partial charge is 0.420 e. The zero-order chi connectivity index (χ0) is 39.5. The minimum atomic E-state index is -1.48. The van der Waals surface area contributed by atoms with Crippen molar-refractivity contribution in [3.63, 3.8) is 0 Å². The molecule has 1 aliphatic heterocycles. The molecule has 1 aliphatic carbocycles. The second-order valence-corrected chi connectivity index (χ2v) is 15.5. The summed E-state index contributed by atoms with van der Waals surface area (Å²) in [6, 6.07) is 14.7. The first-order valence-electron chi connectivity index (χ1n) is 17.7. The lowest BCUT2D eigenvalue weighted by atomic mass is 9.94. The highest BCUT2D eigenvalue weighted by atomic mass is 16.6. The van der Waals surface area contributed by atoms with Crippen LogP contribution < -0.4 is 15.8 Å². The molecule has 0 spiro atoms. The summed E-state index contributed by atoms with van der Waals surface area (Å²) in [6.07, 6.45) is -2.18. The van der Waals surface area contributed by atoms with Gasteiger partial charge in [-0.1, -0.05) is 6.07 Å². The molecule has 2 atom stereocenters. The fourth-order valence-electron chi connectivity index (χ4n) is 6.02. The van der Waals surface area contributed by atoms with E-state index >= 15 is 0 Å². The molecule has 54 heavy (non-hydrogen) atoms. The lowest BCUT2D eigenvalue weighted by Crippen LogP contribution is -2.53. The van der Waals surface area contributed by atoms with Crippen LogP contribution in [0.3, 0.4) is 0 Å². The Labute approximate surface area is 312 Å². The maximum absolute atomic E-state index is 14.0. The maximum atomic E-state index is 14.0. The zero-order valence-corrected chi connectivity index (χ0v) is 31.2. The first-order chi connectivity index (χ1) is 25.3. The average molecular weight is 744 g/mol. The third-order valence-electron chi connectivity index (χ3n) is 8.69. The molecule has 15 nitrogen and oxygen atoms in total. The van der Waals surface area contributed by atoms with E-state index < -0.39 is 66.2 Å². The van der Waals surface area contributed by atoms with E-state index in [1.165, 1.54) is 29.2 Å². The number of nitrogens with zero attached hydrogens (tertiary/aromatic N) is 4. The van der Waals surface area contributed by atoms with Crippen LogP contribution in [0, 0.1) is 23.2 Å². The lowest BCUT2D eigenvalue weighted by Gasteiger charge is -2.35. The summed E-state index contributed by atoms with van der Waals surface area (Å²) in [5.74, 6) is -3.88. The van der Waals surface area contributed by atoms with Gasteiger partial charge in [0.05, 0.1) is 42.6 Å². The lowest BCUT2D eigenvalue weighted by molar-refractivity contribution is -0.149. The van der Waals surface area contributed by atoms with E-state index in [2.05, 4.69) is 5.32 Å². The van der Waals surface area contributed by atoms with Crippen LogP contribution in [-0.2, 0) is 41.7 Å². The van der Waals surface area contributed by atoms with Gasteiger partial charge in [-0.15, -0.1) is 0 Å². The molecule has 2 N–H and O–H groups in total. The van der Waals surface area contributed by atoms with Gasteiger partial charge >= 0.3 is 18.2 Å². The van der Waals surface area contributed by atoms with Crippen molar-refractivity contribution in [3.8, 4) is 6.07 Å². The fraction of sp³-hybridized carbons (Fsp3) is 0.462. The topological polar surface area (TPSA) is 198 Å². The number of rotatable bonds is 10. The van der Waals surface area contributed by atoms with Crippen LogP contribution in [0.2, 0.25) is 0 Å². The number of carbonyl (C=O) groups is 5. The van der Waals surface area contributed by atoms with Gasteiger partial charge in [0.25, 0.3) is 11.5 Å². The van der Waals surface area contributed by atoms with Crippen molar-refractivity contribution in [3.05, 3.63) is 70.0 Å². The van der Waals surface area contributed by atoms with Gasteiger partial charge in [-0.05, 0) is 108 Å². The summed E-state index contributed by atoms with van der Waals surface area (Å²) in [7, 11) is 0. The van der Waals surface area contributed by atoms with E-state index in [1.54, 1.807) is 64.3 Å². The summed E-state index contributed by atoms with van der Waals surface area (Å²) in [5.41, 5.74) is -0.625. The van der Waals surface area contributed by atoms with Crippen LogP contribution in [0.1, 0.15) is 71.9 Å². The minimum absolute atomic E-state index is 0.00763. The van der Waals surface area contributed by atoms with E-state index in [-0.39, 0.29) is 35.5 Å². The number of morpholine rings is 1. The van der Waals surface area contributed by atoms with Crippen LogP contribution in [0.5, 0.6) is 0 Å². The van der Waals surface area contributed by atoms with Gasteiger partial charge in [-0.3, -0.25) is 19.2 Å². The molecule has 0 bridgehead atoms. The van der Waals surface area contributed by atoms with Crippen LogP contribution in [0.15, 0.2) is 53.3 Å². The third kappa shape index (κ3) is 9.81. The summed E-state index contributed by atoms with van der Waals surface area (Å²) in [5, 5.41) is 23.1. The Hall–Kier alpha value is -5.75. The highest BCUT2D eigenvalue weighted by Gasteiger charge is 2.42. The Kier molecular flexibility index (Phi) is 11.5. The van der Waals surface area contributed by atoms with E-state index in [9.17, 15) is 39.1 Å². The number of nitriles is 1. The van der Waals surface area contributed by atoms with Crippen molar-refractivity contribution in [1.29, 1.82) is 5.26 Å². The number of carboxylic acid groups (broad SMARTS) is 1. The van der Waals surface area contributed by atoms with Gasteiger partial charge in [0.2, 0.25) is 5.91 Å². The van der Waals surface area contributed by atoms with Crippen molar-refractivity contribution in [2.75, 3.05) is 23.4 Å². The first kappa shape index (κ1) is 39.5. The van der Waals surface area contributed by atoms with Crippen LogP contribution in [0.4, 0.5) is 21.0 Å². The number of pyridine rings is 1. The zero-order valence-electron chi connectivity index (χ0n) is 31.2. The molecule has 2 heterocycles. The van der Waals surface area contributed by atoms with Crippen LogP contribution in [0.25, 0.3) is 10.9 Å². The molecule has 1 saturated heterocycles. The summed E-state index contributed by atoms with van der Waals surface area (Å²) >= 11 is 0. The van der Waals surface area contributed by atoms with Crippen molar-refractivity contribution in [2.45, 2.75) is 91.2 Å². The molecule has 1 saturated carbocycles. The van der Waals surface area contributed by atoms with Gasteiger partial charge in [-0.25, -0.2) is 14.5 Å². The average Bonchev–Trinajstić information content (AvgIpc) is 3.90. The Morgan fingerprint density at radius 1 is 0.981 bits per heavy atom. The van der Waals surface area contributed by atoms with Gasteiger partial charge < -0.3 is 34.1 Å². The standard InChI is InChI=1S/C39H45N5O10/c1-38(2,3)53-36(50)44(37(51)54-39(4,5)6)22-26-17-27(12-9-25(26)20-40)41-34(48)29(19-32(46)47)33-35(49)42(15-16-52-33)28-13-10-24-11-14-31(45)43(30(24)18-28)21-23-7-8-23/h9-14,17-18,23,29,33H,7-8,15-16,19,21-22H2,1-6H3,(H,41,48)(H,46,47)/t29-,33-/m1/s1. The SMILES string of the molecule is CC(C)(C)OC(=O)N(Cc1cc(NC(=O)[C@H](CC(=O)O)[C@H]2OCCN(c3ccc4ccc(=O)n(CC5CC5)c4c3)C2=O)ccc1C#N)C(=O)OC(C)(C)C. The number of benzene rings is 2. The molecule has 2 fully saturated rings. The van der Waals surface area contributed by atoms with Crippen molar-refractivity contribution in [1.82, 2.24) is 9.47 Å². The highest BCUT2D eigenvalue weighted by molar-refractivity contribution is 6.04. The number of anilines is 2. The van der Waals surface area contributed by atoms with Crippen molar-refractivity contribution in [2.24, 2.45) is 11.8 Å². The molecular formula is C39H45N5O10. The predicted molar refractivity (Wildman–Crippen MR) is 197 cm³/mol. The van der Waals surface area contributed by atoms with Crippen LogP contribution in [-0.4, -0.2) is 75.0 Å². The van der Waals surface area contributed by atoms with Crippen molar-refractivity contribution < 1.29 is 43.3 Å². The molecule has 15 heteroatoms. The fourth-order valence-corrected chi connectivity index (χ4v) is 6.02. The maximum Gasteiger partial charge on any atom is 0.420 e. The van der Waals surface area contributed by atoms with E-state index in [0.717, 1.165) is 18.2 Å².